The van der Waals surface area contributed by atoms with Crippen LogP contribution in [0, 0.1) is 11.8 Å². The number of rotatable bonds is 5. The van der Waals surface area contributed by atoms with Crippen LogP contribution in [0.1, 0.15) is 19.0 Å². The van der Waals surface area contributed by atoms with Gasteiger partial charge in [-0.3, -0.25) is 4.98 Å². The van der Waals surface area contributed by atoms with Gasteiger partial charge >= 0.3 is 0 Å². The molecular weight excluding hydrogens is 238 g/mol. The number of nitrogens with zero attached hydrogens (tertiary/aromatic N) is 1. The fourth-order valence-corrected chi connectivity index (χ4v) is 2.71. The fraction of sp³-hybridized carbons (Fsp3) is 0.545. The van der Waals surface area contributed by atoms with Crippen molar-refractivity contribution in [2.45, 2.75) is 24.8 Å². The molecule has 1 aliphatic rings. The zero-order chi connectivity index (χ0) is 12.5. The maximum Gasteiger partial charge on any atom is 0.242 e. The summed E-state index contributed by atoms with van der Waals surface area (Å²) in [4.78, 5) is 4.17. The molecule has 0 aliphatic heterocycles. The first-order chi connectivity index (χ1) is 8.03. The van der Waals surface area contributed by atoms with E-state index in [1.807, 2.05) is 0 Å². The molecule has 1 aliphatic carbocycles. The summed E-state index contributed by atoms with van der Waals surface area (Å²) in [6.07, 6.45) is 2.45. The predicted molar refractivity (Wildman–Crippen MR) is 64.6 cm³/mol. The topological polar surface area (TPSA) is 85.1 Å². The van der Waals surface area contributed by atoms with E-state index in [4.69, 9.17) is 5.73 Å². The van der Waals surface area contributed by atoms with Crippen LogP contribution in [0.5, 0.6) is 0 Å². The Balaban J connectivity index is 2.02. The third kappa shape index (κ3) is 3.02. The van der Waals surface area contributed by atoms with E-state index in [0.29, 0.717) is 30.6 Å². The smallest absolute Gasteiger partial charge is 0.242 e. The molecule has 5 nitrogen and oxygen atoms in total. The van der Waals surface area contributed by atoms with E-state index < -0.39 is 10.0 Å². The Morgan fingerprint density at radius 1 is 1.53 bits per heavy atom. The minimum atomic E-state index is -3.42. The number of hydrogen-bond donors (Lipinski definition) is 2. The molecule has 1 aromatic rings. The summed E-state index contributed by atoms with van der Waals surface area (Å²) in [6, 6.07) is 3.17. The van der Waals surface area contributed by atoms with Crippen molar-refractivity contribution in [3.8, 4) is 0 Å². The lowest BCUT2D eigenvalue weighted by Gasteiger charge is -2.06. The van der Waals surface area contributed by atoms with Crippen LogP contribution in [-0.2, 0) is 16.6 Å². The van der Waals surface area contributed by atoms with Gasteiger partial charge in [0.05, 0.1) is 5.69 Å². The molecule has 2 unspecified atom stereocenters. The van der Waals surface area contributed by atoms with Crippen LogP contribution < -0.4 is 10.5 Å². The molecule has 1 heterocycles. The van der Waals surface area contributed by atoms with E-state index in [0.717, 1.165) is 6.42 Å². The van der Waals surface area contributed by atoms with Crippen LogP contribution in [0.2, 0.25) is 0 Å². The second-order valence-electron chi connectivity index (χ2n) is 4.51. The summed E-state index contributed by atoms with van der Waals surface area (Å²) in [5.74, 6) is 1.12. The van der Waals surface area contributed by atoms with Gasteiger partial charge in [0.15, 0.2) is 0 Å². The van der Waals surface area contributed by atoms with Gasteiger partial charge in [0, 0.05) is 19.3 Å². The molecular formula is C11H17N3O2S. The summed E-state index contributed by atoms with van der Waals surface area (Å²) in [5, 5.41) is 0. The van der Waals surface area contributed by atoms with Gasteiger partial charge in [-0.1, -0.05) is 6.92 Å². The van der Waals surface area contributed by atoms with Crippen LogP contribution in [0.15, 0.2) is 23.2 Å². The number of nitrogens with one attached hydrogen (secondary N) is 1. The molecule has 6 heteroatoms. The summed E-state index contributed by atoms with van der Waals surface area (Å²) >= 11 is 0. The molecule has 94 valence electrons. The second kappa shape index (κ2) is 4.72. The van der Waals surface area contributed by atoms with Gasteiger partial charge < -0.3 is 5.73 Å². The summed E-state index contributed by atoms with van der Waals surface area (Å²) in [5.41, 5.74) is 6.08. The first kappa shape index (κ1) is 12.5. The van der Waals surface area contributed by atoms with Crippen molar-refractivity contribution in [1.82, 2.24) is 9.71 Å². The highest BCUT2D eigenvalue weighted by Crippen LogP contribution is 2.37. The lowest BCUT2D eigenvalue weighted by atomic mass is 10.3. The highest BCUT2D eigenvalue weighted by Gasteiger charge is 2.33. The number of pyridine rings is 1. The van der Waals surface area contributed by atoms with Gasteiger partial charge in [-0.05, 0) is 30.4 Å². The standard InChI is InChI=1S/C11H17N3O2S/c1-8-4-9(8)6-14-17(15,16)11-3-2-10(5-12)13-7-11/h2-3,7-9,14H,4-6,12H2,1H3. The van der Waals surface area contributed by atoms with E-state index in [2.05, 4.69) is 16.6 Å². The van der Waals surface area contributed by atoms with Crippen molar-refractivity contribution in [1.29, 1.82) is 0 Å². The zero-order valence-electron chi connectivity index (χ0n) is 9.76. The molecule has 0 aromatic carbocycles. The molecule has 0 amide bonds. The first-order valence-electron chi connectivity index (χ1n) is 5.67. The van der Waals surface area contributed by atoms with Gasteiger partial charge in [0.25, 0.3) is 0 Å². The Kier molecular flexibility index (Phi) is 3.46. The van der Waals surface area contributed by atoms with Crippen LogP contribution in [-0.4, -0.2) is 19.9 Å². The van der Waals surface area contributed by atoms with Gasteiger partial charge in [-0.2, -0.15) is 0 Å². The number of nitrogens with two attached hydrogens (primary N) is 1. The Morgan fingerprint density at radius 2 is 2.24 bits per heavy atom. The van der Waals surface area contributed by atoms with Crippen LogP contribution in [0.25, 0.3) is 0 Å². The van der Waals surface area contributed by atoms with Gasteiger partial charge in [0.2, 0.25) is 10.0 Å². The van der Waals surface area contributed by atoms with E-state index >= 15 is 0 Å². The Bertz CT molecular complexity index is 484. The van der Waals surface area contributed by atoms with Gasteiger partial charge in [-0.15, -0.1) is 0 Å². The molecule has 0 spiro atoms. The Labute approximate surface area is 101 Å². The SMILES string of the molecule is CC1CC1CNS(=O)(=O)c1ccc(CN)nc1. The molecule has 0 radical (unpaired) electrons. The molecule has 0 bridgehead atoms. The van der Waals surface area contributed by atoms with Crippen molar-refractivity contribution >= 4 is 10.0 Å². The molecule has 17 heavy (non-hydrogen) atoms. The van der Waals surface area contributed by atoms with Gasteiger partial charge in [-0.25, -0.2) is 13.1 Å². The highest BCUT2D eigenvalue weighted by atomic mass is 32.2. The van der Waals surface area contributed by atoms with Crippen LogP contribution in [0.4, 0.5) is 0 Å². The summed E-state index contributed by atoms with van der Waals surface area (Å²) < 4.78 is 26.4. The minimum Gasteiger partial charge on any atom is -0.325 e. The van der Waals surface area contributed by atoms with E-state index in [-0.39, 0.29) is 4.90 Å². The Morgan fingerprint density at radius 3 is 2.71 bits per heavy atom. The fourth-order valence-electron chi connectivity index (χ4n) is 1.67. The first-order valence-corrected chi connectivity index (χ1v) is 7.16. The predicted octanol–water partition coefficient (Wildman–Crippen LogP) is 0.475. The number of aromatic nitrogens is 1. The van der Waals surface area contributed by atoms with E-state index in [1.54, 1.807) is 6.07 Å². The van der Waals surface area contributed by atoms with E-state index in [1.165, 1.54) is 12.3 Å². The largest absolute Gasteiger partial charge is 0.325 e. The summed E-state index contributed by atoms with van der Waals surface area (Å²) in [7, 11) is -3.42. The quantitative estimate of drug-likeness (QED) is 0.801. The second-order valence-corrected chi connectivity index (χ2v) is 6.28. The molecule has 1 saturated carbocycles. The normalized spacial score (nSPS) is 23.6. The van der Waals surface area contributed by atoms with Crippen molar-refractivity contribution in [2.24, 2.45) is 17.6 Å². The molecule has 1 aromatic heterocycles. The van der Waals surface area contributed by atoms with Crippen molar-refractivity contribution in [3.63, 3.8) is 0 Å². The van der Waals surface area contributed by atoms with Crippen molar-refractivity contribution in [3.05, 3.63) is 24.0 Å². The van der Waals surface area contributed by atoms with Crippen molar-refractivity contribution in [2.75, 3.05) is 6.54 Å². The lowest BCUT2D eigenvalue weighted by molar-refractivity contribution is 0.574. The van der Waals surface area contributed by atoms with Gasteiger partial charge in [0.1, 0.15) is 4.90 Å². The minimum absolute atomic E-state index is 0.197. The average molecular weight is 255 g/mol. The molecule has 1 fully saturated rings. The van der Waals surface area contributed by atoms with E-state index in [9.17, 15) is 8.42 Å². The lowest BCUT2D eigenvalue weighted by Crippen LogP contribution is -2.26. The number of hydrogen-bond acceptors (Lipinski definition) is 4. The number of sulfonamides is 1. The zero-order valence-corrected chi connectivity index (χ0v) is 10.6. The average Bonchev–Trinajstić information content (AvgIpc) is 3.03. The van der Waals surface area contributed by atoms with Crippen molar-refractivity contribution < 1.29 is 8.42 Å². The van der Waals surface area contributed by atoms with Crippen LogP contribution >= 0.6 is 0 Å². The maximum absolute atomic E-state index is 11.9. The molecule has 2 rings (SSSR count). The highest BCUT2D eigenvalue weighted by molar-refractivity contribution is 7.89. The third-order valence-electron chi connectivity index (χ3n) is 3.13. The molecule has 2 atom stereocenters. The summed E-state index contributed by atoms with van der Waals surface area (Å²) in [6.45, 7) is 2.95. The molecule has 3 N–H and O–H groups in total. The monoisotopic (exact) mass is 255 g/mol. The third-order valence-corrected chi connectivity index (χ3v) is 4.54. The Hall–Kier alpha value is -0.980. The molecule has 0 saturated heterocycles. The van der Waals surface area contributed by atoms with Crippen LogP contribution in [0.3, 0.4) is 0 Å². The maximum atomic E-state index is 11.9.